The van der Waals surface area contributed by atoms with E-state index in [1.807, 2.05) is 67.6 Å². The molecule has 8 nitrogen and oxygen atoms in total. The number of fused-ring (bicyclic) bond motifs is 1. The van der Waals surface area contributed by atoms with E-state index in [0.29, 0.717) is 40.4 Å². The van der Waals surface area contributed by atoms with Crippen molar-refractivity contribution in [3.63, 3.8) is 0 Å². The van der Waals surface area contributed by atoms with Gasteiger partial charge in [-0.3, -0.25) is 13.6 Å². The number of aromatic nitrogens is 6. The molecule has 2 aromatic heterocycles. The van der Waals surface area contributed by atoms with Crippen LogP contribution in [0.3, 0.4) is 0 Å². The van der Waals surface area contributed by atoms with Crippen LogP contribution in [0.4, 0.5) is 0 Å². The summed E-state index contributed by atoms with van der Waals surface area (Å²) in [5.74, 6) is 1.21. The normalized spacial score (nSPS) is 12.4. The summed E-state index contributed by atoms with van der Waals surface area (Å²) in [7, 11) is -1.18. The number of rotatable bonds is 7. The van der Waals surface area contributed by atoms with Gasteiger partial charge in [0.25, 0.3) is 5.56 Å². The minimum atomic E-state index is -1.18. The molecule has 2 heterocycles. The van der Waals surface area contributed by atoms with Crippen molar-refractivity contribution in [2.75, 3.05) is 6.26 Å². The third kappa shape index (κ3) is 4.65. The van der Waals surface area contributed by atoms with Crippen molar-refractivity contribution in [1.29, 1.82) is 0 Å². The predicted molar refractivity (Wildman–Crippen MR) is 141 cm³/mol. The van der Waals surface area contributed by atoms with Crippen molar-refractivity contribution >= 4 is 21.7 Å². The Hall–Kier alpha value is -4.24. The first-order chi connectivity index (χ1) is 17.5. The first-order valence-electron chi connectivity index (χ1n) is 11.5. The van der Waals surface area contributed by atoms with E-state index in [0.717, 1.165) is 22.3 Å². The highest BCUT2D eigenvalue weighted by molar-refractivity contribution is 7.84. The minimum absolute atomic E-state index is 0.140. The van der Waals surface area contributed by atoms with Gasteiger partial charge in [-0.25, -0.2) is 4.98 Å². The molecule has 5 rings (SSSR count). The summed E-state index contributed by atoms with van der Waals surface area (Å²) in [6.07, 6.45) is 6.07. The zero-order valence-electron chi connectivity index (χ0n) is 19.9. The first kappa shape index (κ1) is 23.5. The summed E-state index contributed by atoms with van der Waals surface area (Å²) >= 11 is 0. The van der Waals surface area contributed by atoms with Gasteiger partial charge in [0.2, 0.25) is 5.82 Å². The van der Waals surface area contributed by atoms with Crippen LogP contribution in [0.25, 0.3) is 33.4 Å². The lowest BCUT2D eigenvalue weighted by atomic mass is 9.98. The molecule has 0 bridgehead atoms. The highest BCUT2D eigenvalue weighted by atomic mass is 32.2. The van der Waals surface area contributed by atoms with E-state index < -0.39 is 10.8 Å². The third-order valence-electron chi connectivity index (χ3n) is 5.99. The number of tetrazole rings is 1. The van der Waals surface area contributed by atoms with E-state index in [9.17, 15) is 9.00 Å². The van der Waals surface area contributed by atoms with Crippen molar-refractivity contribution in [3.05, 3.63) is 101 Å². The molecular formula is C27H24N6O2S. The largest absolute Gasteiger partial charge is 0.291 e. The molecule has 1 atom stereocenters. The Morgan fingerprint density at radius 2 is 1.81 bits per heavy atom. The molecule has 0 aliphatic rings. The second-order valence-electron chi connectivity index (χ2n) is 8.30. The maximum Gasteiger partial charge on any atom is 0.261 e. The quantitative estimate of drug-likeness (QED) is 0.339. The summed E-state index contributed by atoms with van der Waals surface area (Å²) in [5.41, 5.74) is 4.32. The Labute approximate surface area is 210 Å². The van der Waals surface area contributed by atoms with Crippen LogP contribution >= 0.6 is 0 Å². The second kappa shape index (κ2) is 10.2. The summed E-state index contributed by atoms with van der Waals surface area (Å²) in [4.78, 5) is 18.9. The number of nitrogens with zero attached hydrogens (tertiary/aromatic N) is 5. The van der Waals surface area contributed by atoms with Gasteiger partial charge in [-0.15, -0.1) is 10.2 Å². The summed E-state index contributed by atoms with van der Waals surface area (Å²) in [5, 5.41) is 14.9. The fraction of sp³-hybridized carbons (Fsp3) is 0.148. The first-order valence-corrected chi connectivity index (χ1v) is 13.0. The van der Waals surface area contributed by atoms with Crippen LogP contribution in [-0.4, -0.2) is 40.6 Å². The smallest absolute Gasteiger partial charge is 0.261 e. The fourth-order valence-corrected chi connectivity index (χ4v) is 4.69. The highest BCUT2D eigenvalue weighted by Crippen LogP contribution is 2.29. The summed E-state index contributed by atoms with van der Waals surface area (Å²) < 4.78 is 13.7. The molecule has 180 valence electrons. The number of aromatic amines is 1. The number of allylic oxidation sites excluding steroid dienone is 2. The minimum Gasteiger partial charge on any atom is -0.291 e. The van der Waals surface area contributed by atoms with Gasteiger partial charge >= 0.3 is 0 Å². The van der Waals surface area contributed by atoms with E-state index in [-0.39, 0.29) is 5.56 Å². The second-order valence-corrected chi connectivity index (χ2v) is 9.68. The molecule has 0 amide bonds. The molecule has 0 saturated carbocycles. The average molecular weight is 497 g/mol. The number of hydrogen-bond donors (Lipinski definition) is 1. The Morgan fingerprint density at radius 3 is 2.50 bits per heavy atom. The van der Waals surface area contributed by atoms with Crippen molar-refractivity contribution < 1.29 is 4.21 Å². The van der Waals surface area contributed by atoms with Gasteiger partial charge in [0.05, 0.1) is 17.4 Å². The SMILES string of the molecule is C/C=C/Cc1nc2ccc(S(C)=O)cc2c(=O)n1Cc1ccc(-c2ccccc2-c2nn[nH]n2)cc1. The van der Waals surface area contributed by atoms with Crippen LogP contribution in [0, 0.1) is 0 Å². The standard InChI is InChI=1S/C27H24N6O2S/c1-3-4-9-25-28-24-15-14-20(36(2)35)16-23(24)27(34)33(25)17-18-10-12-19(13-11-18)21-7-5-6-8-22(21)26-29-31-32-30-26/h3-8,10-16H,9,17H2,1-2H3,(H,29,30,31,32)/b4-3+. The molecule has 1 unspecified atom stereocenters. The van der Waals surface area contributed by atoms with Gasteiger partial charge in [0, 0.05) is 33.9 Å². The molecule has 3 aromatic carbocycles. The molecule has 36 heavy (non-hydrogen) atoms. The lowest BCUT2D eigenvalue weighted by Crippen LogP contribution is -2.26. The van der Waals surface area contributed by atoms with Gasteiger partial charge in [-0.1, -0.05) is 60.7 Å². The molecule has 0 spiro atoms. The molecule has 9 heteroatoms. The van der Waals surface area contributed by atoms with Crippen molar-refractivity contribution in [2.24, 2.45) is 0 Å². The monoisotopic (exact) mass is 496 g/mol. The maximum absolute atomic E-state index is 13.5. The maximum atomic E-state index is 13.5. The average Bonchev–Trinajstić information content (AvgIpc) is 3.44. The van der Waals surface area contributed by atoms with Gasteiger partial charge in [0.1, 0.15) is 5.82 Å². The highest BCUT2D eigenvalue weighted by Gasteiger charge is 2.14. The Kier molecular flexibility index (Phi) is 6.64. The van der Waals surface area contributed by atoms with E-state index >= 15 is 0 Å². The van der Waals surface area contributed by atoms with Gasteiger partial charge < -0.3 is 0 Å². The summed E-state index contributed by atoms with van der Waals surface area (Å²) in [6.45, 7) is 2.32. The van der Waals surface area contributed by atoms with Gasteiger partial charge in [-0.05, 0) is 47.0 Å². The third-order valence-corrected chi connectivity index (χ3v) is 6.91. The van der Waals surface area contributed by atoms with E-state index in [1.165, 1.54) is 0 Å². The molecule has 0 fully saturated rings. The number of benzene rings is 3. The molecule has 0 aliphatic carbocycles. The topological polar surface area (TPSA) is 106 Å². The van der Waals surface area contributed by atoms with Crippen molar-refractivity contribution in [3.8, 4) is 22.5 Å². The molecule has 1 N–H and O–H groups in total. The molecule has 0 aliphatic heterocycles. The number of H-pyrrole nitrogens is 1. The Balaban J connectivity index is 1.53. The van der Waals surface area contributed by atoms with Crippen LogP contribution in [0.15, 0.2) is 88.6 Å². The van der Waals surface area contributed by atoms with Gasteiger partial charge in [-0.2, -0.15) is 5.21 Å². The van der Waals surface area contributed by atoms with Crippen LogP contribution < -0.4 is 5.56 Å². The Morgan fingerprint density at radius 1 is 1.03 bits per heavy atom. The lowest BCUT2D eigenvalue weighted by molar-refractivity contribution is 0.686. The van der Waals surface area contributed by atoms with Crippen molar-refractivity contribution in [2.45, 2.75) is 24.8 Å². The molecular weight excluding hydrogens is 472 g/mol. The fourth-order valence-electron chi connectivity index (χ4n) is 4.14. The molecule has 0 radical (unpaired) electrons. The van der Waals surface area contributed by atoms with Gasteiger partial charge in [0.15, 0.2) is 0 Å². The van der Waals surface area contributed by atoms with Crippen LogP contribution in [0.1, 0.15) is 18.3 Å². The molecule has 0 saturated heterocycles. The number of nitrogens with one attached hydrogen (secondary N) is 1. The van der Waals surface area contributed by atoms with Crippen LogP contribution in [0.2, 0.25) is 0 Å². The lowest BCUT2D eigenvalue weighted by Gasteiger charge is -2.14. The molecule has 5 aromatic rings. The predicted octanol–water partition coefficient (Wildman–Crippen LogP) is 4.15. The Bertz CT molecular complexity index is 1640. The van der Waals surface area contributed by atoms with Crippen molar-refractivity contribution in [1.82, 2.24) is 30.2 Å². The van der Waals surface area contributed by atoms with Crippen LogP contribution in [0.5, 0.6) is 0 Å². The van der Waals surface area contributed by atoms with Crippen LogP contribution in [-0.2, 0) is 23.8 Å². The zero-order valence-corrected chi connectivity index (χ0v) is 20.7. The summed E-state index contributed by atoms with van der Waals surface area (Å²) in [6, 6.07) is 21.2. The van der Waals surface area contributed by atoms with E-state index in [4.69, 9.17) is 4.98 Å². The zero-order chi connectivity index (χ0) is 25.1. The van der Waals surface area contributed by atoms with E-state index in [2.05, 4.69) is 20.6 Å². The number of hydrogen-bond acceptors (Lipinski definition) is 6. The van der Waals surface area contributed by atoms with E-state index in [1.54, 1.807) is 29.0 Å².